The molecule has 0 spiro atoms. The Labute approximate surface area is 152 Å². The predicted octanol–water partition coefficient (Wildman–Crippen LogP) is 3.47. The van der Waals surface area contributed by atoms with E-state index in [9.17, 15) is 14.0 Å². The Morgan fingerprint density at radius 3 is 2.35 bits per heavy atom. The minimum Gasteiger partial charge on any atom is -0.374 e. The molecule has 3 N–H and O–H groups in total. The average Bonchev–Trinajstić information content (AvgIpc) is 3.42. The van der Waals surface area contributed by atoms with Gasteiger partial charge < -0.3 is 16.0 Å². The first-order valence-electron chi connectivity index (χ1n) is 8.67. The normalized spacial score (nSPS) is 14.4. The summed E-state index contributed by atoms with van der Waals surface area (Å²) in [6.07, 6.45) is 2.09. The van der Waals surface area contributed by atoms with Crippen molar-refractivity contribution in [3.63, 3.8) is 0 Å². The van der Waals surface area contributed by atoms with Crippen molar-refractivity contribution in [2.75, 3.05) is 10.6 Å². The summed E-state index contributed by atoms with van der Waals surface area (Å²) >= 11 is 0. The first-order valence-corrected chi connectivity index (χ1v) is 8.67. The molecule has 1 saturated carbocycles. The second-order valence-corrected chi connectivity index (χ2v) is 6.64. The molecule has 1 aliphatic rings. The smallest absolute Gasteiger partial charge is 0.251 e. The van der Waals surface area contributed by atoms with Crippen molar-refractivity contribution in [1.82, 2.24) is 5.32 Å². The fourth-order valence-corrected chi connectivity index (χ4v) is 2.45. The van der Waals surface area contributed by atoms with Gasteiger partial charge in [-0.15, -0.1) is 0 Å². The molecular formula is C20H22FN3O2. The Morgan fingerprint density at radius 2 is 1.73 bits per heavy atom. The van der Waals surface area contributed by atoms with Crippen molar-refractivity contribution in [1.29, 1.82) is 0 Å². The number of carbonyl (C=O) groups excluding carboxylic acids is 2. The lowest BCUT2D eigenvalue weighted by atomic mass is 10.1. The van der Waals surface area contributed by atoms with E-state index in [1.807, 2.05) is 0 Å². The van der Waals surface area contributed by atoms with E-state index in [-0.39, 0.29) is 17.6 Å². The lowest BCUT2D eigenvalue weighted by Gasteiger charge is -2.16. The van der Waals surface area contributed by atoms with Crippen molar-refractivity contribution < 1.29 is 14.0 Å². The highest BCUT2D eigenvalue weighted by molar-refractivity contribution is 5.97. The SMILES string of the molecule is Cc1ccc(NC(=O)C(C)Nc2ccc(C(=O)NC3CC3)cc2)cc1F. The Hall–Kier alpha value is -2.89. The zero-order chi connectivity index (χ0) is 18.7. The number of hydrogen-bond acceptors (Lipinski definition) is 3. The molecule has 2 aromatic carbocycles. The van der Waals surface area contributed by atoms with Crippen LogP contribution in [0.2, 0.25) is 0 Å². The summed E-state index contributed by atoms with van der Waals surface area (Å²) in [6, 6.07) is 11.3. The maximum Gasteiger partial charge on any atom is 0.251 e. The summed E-state index contributed by atoms with van der Waals surface area (Å²) in [5.41, 5.74) is 2.26. The highest BCUT2D eigenvalue weighted by atomic mass is 19.1. The number of anilines is 2. The zero-order valence-corrected chi connectivity index (χ0v) is 14.8. The fourth-order valence-electron chi connectivity index (χ4n) is 2.45. The Morgan fingerprint density at radius 1 is 1.08 bits per heavy atom. The largest absolute Gasteiger partial charge is 0.374 e. The molecule has 2 amide bonds. The van der Waals surface area contributed by atoms with Gasteiger partial charge in [0.2, 0.25) is 5.91 Å². The van der Waals surface area contributed by atoms with E-state index in [0.717, 1.165) is 18.5 Å². The van der Waals surface area contributed by atoms with Crippen LogP contribution in [0, 0.1) is 12.7 Å². The van der Waals surface area contributed by atoms with Crippen molar-refractivity contribution in [3.05, 3.63) is 59.4 Å². The highest BCUT2D eigenvalue weighted by Crippen LogP contribution is 2.20. The van der Waals surface area contributed by atoms with Gasteiger partial charge in [-0.05, 0) is 68.7 Å². The topological polar surface area (TPSA) is 70.2 Å². The first kappa shape index (κ1) is 17.9. The quantitative estimate of drug-likeness (QED) is 0.743. The Kier molecular flexibility index (Phi) is 5.21. The number of benzene rings is 2. The summed E-state index contributed by atoms with van der Waals surface area (Å²) in [6.45, 7) is 3.38. The van der Waals surface area contributed by atoms with Crippen molar-refractivity contribution in [2.24, 2.45) is 0 Å². The second kappa shape index (κ2) is 7.56. The number of rotatable bonds is 6. The van der Waals surface area contributed by atoms with E-state index >= 15 is 0 Å². The minimum atomic E-state index is -0.523. The van der Waals surface area contributed by atoms with Gasteiger partial charge in [0.05, 0.1) is 0 Å². The number of nitrogens with one attached hydrogen (secondary N) is 3. The molecule has 3 rings (SSSR count). The van der Waals surface area contributed by atoms with E-state index in [0.29, 0.717) is 22.9 Å². The molecule has 1 fully saturated rings. The Bertz CT molecular complexity index is 816. The molecular weight excluding hydrogens is 333 g/mol. The van der Waals surface area contributed by atoms with Gasteiger partial charge in [0.15, 0.2) is 0 Å². The van der Waals surface area contributed by atoms with Gasteiger partial charge in [0, 0.05) is 23.0 Å². The molecule has 1 aliphatic carbocycles. The van der Waals surface area contributed by atoms with Crippen LogP contribution in [0.1, 0.15) is 35.7 Å². The van der Waals surface area contributed by atoms with Crippen LogP contribution in [0.25, 0.3) is 0 Å². The van der Waals surface area contributed by atoms with Crippen molar-refractivity contribution in [3.8, 4) is 0 Å². The van der Waals surface area contributed by atoms with Crippen LogP contribution in [-0.4, -0.2) is 23.9 Å². The van der Waals surface area contributed by atoms with Gasteiger partial charge in [-0.1, -0.05) is 6.07 Å². The Balaban J connectivity index is 1.56. The van der Waals surface area contributed by atoms with Crippen LogP contribution in [-0.2, 0) is 4.79 Å². The van der Waals surface area contributed by atoms with Crippen LogP contribution in [0.4, 0.5) is 15.8 Å². The van der Waals surface area contributed by atoms with E-state index in [1.54, 1.807) is 50.2 Å². The summed E-state index contributed by atoms with van der Waals surface area (Å²) < 4.78 is 13.6. The van der Waals surface area contributed by atoms with Gasteiger partial charge >= 0.3 is 0 Å². The van der Waals surface area contributed by atoms with Crippen LogP contribution in [0.5, 0.6) is 0 Å². The first-order chi connectivity index (χ1) is 12.4. The van der Waals surface area contributed by atoms with Gasteiger partial charge in [-0.2, -0.15) is 0 Å². The van der Waals surface area contributed by atoms with E-state index in [2.05, 4.69) is 16.0 Å². The molecule has 136 valence electrons. The number of aryl methyl sites for hydroxylation is 1. The molecule has 6 heteroatoms. The third kappa shape index (κ3) is 4.59. The van der Waals surface area contributed by atoms with E-state index < -0.39 is 6.04 Å². The van der Waals surface area contributed by atoms with Crippen LogP contribution in [0.15, 0.2) is 42.5 Å². The number of hydrogen-bond donors (Lipinski definition) is 3. The number of halogens is 1. The molecule has 0 aromatic heterocycles. The van der Waals surface area contributed by atoms with Gasteiger partial charge in [-0.25, -0.2) is 4.39 Å². The summed E-state index contributed by atoms with van der Waals surface area (Å²) in [4.78, 5) is 24.2. The van der Waals surface area contributed by atoms with Crippen LogP contribution in [0.3, 0.4) is 0 Å². The molecule has 0 saturated heterocycles. The van der Waals surface area contributed by atoms with Crippen molar-refractivity contribution in [2.45, 2.75) is 38.8 Å². The highest BCUT2D eigenvalue weighted by Gasteiger charge is 2.23. The minimum absolute atomic E-state index is 0.0776. The molecule has 1 atom stereocenters. The van der Waals surface area contributed by atoms with Gasteiger partial charge in [0.1, 0.15) is 11.9 Å². The molecule has 1 unspecified atom stereocenters. The maximum absolute atomic E-state index is 13.6. The number of carbonyl (C=O) groups is 2. The predicted molar refractivity (Wildman–Crippen MR) is 99.8 cm³/mol. The fraction of sp³-hybridized carbons (Fsp3) is 0.300. The average molecular weight is 355 g/mol. The zero-order valence-electron chi connectivity index (χ0n) is 14.8. The van der Waals surface area contributed by atoms with Crippen LogP contribution < -0.4 is 16.0 Å². The molecule has 5 nitrogen and oxygen atoms in total. The number of amides is 2. The maximum atomic E-state index is 13.6. The summed E-state index contributed by atoms with van der Waals surface area (Å²) in [5, 5.41) is 8.68. The monoisotopic (exact) mass is 355 g/mol. The van der Waals surface area contributed by atoms with Gasteiger partial charge in [-0.3, -0.25) is 9.59 Å². The van der Waals surface area contributed by atoms with E-state index in [1.165, 1.54) is 6.07 Å². The summed E-state index contributed by atoms with van der Waals surface area (Å²) in [5.74, 6) is -0.710. The molecule has 2 aromatic rings. The molecule has 0 heterocycles. The lowest BCUT2D eigenvalue weighted by molar-refractivity contribution is -0.116. The molecule has 0 aliphatic heterocycles. The van der Waals surface area contributed by atoms with Crippen LogP contribution >= 0.6 is 0 Å². The summed E-state index contributed by atoms with van der Waals surface area (Å²) in [7, 11) is 0. The van der Waals surface area contributed by atoms with Crippen molar-refractivity contribution >= 4 is 23.2 Å². The molecule has 0 bridgehead atoms. The molecule has 0 radical (unpaired) electrons. The third-order valence-electron chi connectivity index (χ3n) is 4.28. The third-order valence-corrected chi connectivity index (χ3v) is 4.28. The van der Waals surface area contributed by atoms with E-state index in [4.69, 9.17) is 0 Å². The standard InChI is InChI=1S/C20H22FN3O2/c1-12-3-6-17(11-18(12)21)24-19(25)13(2)22-15-7-4-14(5-8-15)20(26)23-16-9-10-16/h3-8,11,13,16,22H,9-10H2,1-2H3,(H,23,26)(H,24,25). The lowest BCUT2D eigenvalue weighted by Crippen LogP contribution is -2.32. The molecule has 26 heavy (non-hydrogen) atoms. The second-order valence-electron chi connectivity index (χ2n) is 6.64. The van der Waals surface area contributed by atoms with Gasteiger partial charge in [0.25, 0.3) is 5.91 Å².